The lowest BCUT2D eigenvalue weighted by molar-refractivity contribution is 0.0719. The average molecular weight is 294 g/mol. The van der Waals surface area contributed by atoms with E-state index in [-0.39, 0.29) is 11.9 Å². The molecule has 0 aliphatic carbocycles. The number of hydrogen-bond donors (Lipinski definition) is 0. The Morgan fingerprint density at radius 3 is 2.68 bits per heavy atom. The minimum atomic E-state index is -0.0264. The lowest BCUT2D eigenvalue weighted by atomic mass is 10.0. The van der Waals surface area contributed by atoms with E-state index >= 15 is 0 Å². The summed E-state index contributed by atoms with van der Waals surface area (Å²) in [5, 5.41) is 0. The van der Waals surface area contributed by atoms with Crippen LogP contribution in [0.1, 0.15) is 24.2 Å². The van der Waals surface area contributed by atoms with Gasteiger partial charge in [-0.15, -0.1) is 0 Å². The number of carbonyl (C=O) groups is 1. The molecule has 0 aromatic carbocycles. The van der Waals surface area contributed by atoms with Crippen molar-refractivity contribution in [1.29, 1.82) is 0 Å². The van der Waals surface area contributed by atoms with Crippen molar-refractivity contribution in [1.82, 2.24) is 19.9 Å². The smallest absolute Gasteiger partial charge is 0.257 e. The van der Waals surface area contributed by atoms with Crippen molar-refractivity contribution in [2.24, 2.45) is 5.92 Å². The van der Waals surface area contributed by atoms with Crippen LogP contribution in [0.5, 0.6) is 0 Å². The molecule has 22 heavy (non-hydrogen) atoms. The van der Waals surface area contributed by atoms with Gasteiger partial charge in [-0.05, 0) is 18.1 Å². The molecule has 1 aliphatic heterocycles. The Morgan fingerprint density at radius 1 is 1.27 bits per heavy atom. The first-order chi connectivity index (χ1) is 10.7. The normalized spacial score (nSPS) is 17.2. The molecule has 0 saturated heterocycles. The minimum absolute atomic E-state index is 0.0264. The van der Waals surface area contributed by atoms with Crippen molar-refractivity contribution in [3.63, 3.8) is 0 Å². The minimum Gasteiger partial charge on any atom is -0.328 e. The van der Waals surface area contributed by atoms with Gasteiger partial charge in [0.15, 0.2) is 5.82 Å². The van der Waals surface area contributed by atoms with Gasteiger partial charge in [-0.2, -0.15) is 0 Å². The highest BCUT2D eigenvalue weighted by Gasteiger charge is 2.28. The average Bonchev–Trinajstić information content (AvgIpc) is 3.05. The lowest BCUT2D eigenvalue weighted by Gasteiger charge is -2.27. The third-order valence-corrected chi connectivity index (χ3v) is 3.76. The quantitative estimate of drug-likeness (QED) is 0.816. The molecule has 3 heterocycles. The molecule has 0 unspecified atom stereocenters. The Balaban J connectivity index is 1.80. The number of hydrogen-bond acceptors (Lipinski definition) is 4. The van der Waals surface area contributed by atoms with Crippen LogP contribution in [0.15, 0.2) is 49.1 Å². The molecule has 3 rings (SSSR count). The molecule has 5 heteroatoms. The zero-order chi connectivity index (χ0) is 15.5. The van der Waals surface area contributed by atoms with Crippen molar-refractivity contribution in [2.45, 2.75) is 19.9 Å². The number of pyridine rings is 1. The van der Waals surface area contributed by atoms with Gasteiger partial charge in [-0.3, -0.25) is 9.78 Å². The molecule has 112 valence electrons. The highest BCUT2D eigenvalue weighted by Crippen LogP contribution is 2.20. The Morgan fingerprint density at radius 2 is 2.05 bits per heavy atom. The maximum Gasteiger partial charge on any atom is 0.257 e. The van der Waals surface area contributed by atoms with Gasteiger partial charge in [-0.1, -0.05) is 26.0 Å². The monoisotopic (exact) mass is 294 g/mol. The fourth-order valence-corrected chi connectivity index (χ4v) is 2.59. The van der Waals surface area contributed by atoms with E-state index in [9.17, 15) is 4.79 Å². The van der Waals surface area contributed by atoms with Gasteiger partial charge in [0.2, 0.25) is 0 Å². The van der Waals surface area contributed by atoms with E-state index in [0.717, 1.165) is 5.56 Å². The summed E-state index contributed by atoms with van der Waals surface area (Å²) in [6.07, 6.45) is 10.7. The number of nitrogens with zero attached hydrogens (tertiary/aromatic N) is 4. The molecule has 0 spiro atoms. The van der Waals surface area contributed by atoms with E-state index in [1.807, 2.05) is 23.1 Å². The molecule has 1 amide bonds. The van der Waals surface area contributed by atoms with Crippen molar-refractivity contribution in [3.8, 4) is 11.4 Å². The first-order valence-electron chi connectivity index (χ1n) is 7.37. The summed E-state index contributed by atoms with van der Waals surface area (Å²) in [6.45, 7) is 4.87. The first-order valence-corrected chi connectivity index (χ1v) is 7.37. The second kappa shape index (κ2) is 6.05. The van der Waals surface area contributed by atoms with Crippen molar-refractivity contribution >= 4 is 5.91 Å². The Bertz CT molecular complexity index is 680. The van der Waals surface area contributed by atoms with Gasteiger partial charge in [0.1, 0.15) is 0 Å². The summed E-state index contributed by atoms with van der Waals surface area (Å²) in [4.78, 5) is 27.1. The highest BCUT2D eigenvalue weighted by atomic mass is 16.2. The zero-order valence-corrected chi connectivity index (χ0v) is 12.7. The maximum absolute atomic E-state index is 12.6. The van der Waals surface area contributed by atoms with Crippen LogP contribution in [0.3, 0.4) is 0 Å². The van der Waals surface area contributed by atoms with Gasteiger partial charge in [0, 0.05) is 36.9 Å². The fourth-order valence-electron chi connectivity index (χ4n) is 2.59. The standard InChI is InChI=1S/C17H18N4O/c1-12(2)15-6-4-8-21(15)17(22)14-10-19-16(20-11-14)13-5-3-7-18-9-13/h3-7,9-12,15H,8H2,1-2H3/t15-/m1/s1. The first kappa shape index (κ1) is 14.4. The SMILES string of the molecule is CC(C)[C@H]1C=CCN1C(=O)c1cnc(-c2cccnc2)nc1. The van der Waals surface area contributed by atoms with Gasteiger partial charge in [0.05, 0.1) is 11.6 Å². The maximum atomic E-state index is 12.6. The van der Waals surface area contributed by atoms with Gasteiger partial charge < -0.3 is 4.90 Å². The van der Waals surface area contributed by atoms with E-state index in [1.165, 1.54) is 0 Å². The molecule has 2 aromatic rings. The van der Waals surface area contributed by atoms with Crippen molar-refractivity contribution < 1.29 is 4.79 Å². The molecule has 5 nitrogen and oxygen atoms in total. The summed E-state index contributed by atoms with van der Waals surface area (Å²) in [7, 11) is 0. The van der Waals surface area contributed by atoms with Crippen LogP contribution < -0.4 is 0 Å². The summed E-state index contributed by atoms with van der Waals surface area (Å²) < 4.78 is 0. The topological polar surface area (TPSA) is 59.0 Å². The number of amides is 1. The molecular weight excluding hydrogens is 276 g/mol. The molecule has 0 bridgehead atoms. The zero-order valence-electron chi connectivity index (χ0n) is 12.7. The molecule has 0 radical (unpaired) electrons. The van der Waals surface area contributed by atoms with E-state index < -0.39 is 0 Å². The highest BCUT2D eigenvalue weighted by molar-refractivity contribution is 5.94. The Hall–Kier alpha value is -2.56. The van der Waals surface area contributed by atoms with Crippen LogP contribution >= 0.6 is 0 Å². The van der Waals surface area contributed by atoms with Gasteiger partial charge >= 0.3 is 0 Å². The number of aromatic nitrogens is 3. The van der Waals surface area contributed by atoms with Gasteiger partial charge in [0.25, 0.3) is 5.91 Å². The van der Waals surface area contributed by atoms with E-state index in [4.69, 9.17) is 0 Å². The van der Waals surface area contributed by atoms with Gasteiger partial charge in [-0.25, -0.2) is 9.97 Å². The van der Waals surface area contributed by atoms with Crippen molar-refractivity contribution in [2.75, 3.05) is 6.54 Å². The number of rotatable bonds is 3. The van der Waals surface area contributed by atoms with Crippen LogP contribution in [-0.4, -0.2) is 38.3 Å². The molecular formula is C17H18N4O. The van der Waals surface area contributed by atoms with E-state index in [0.29, 0.717) is 23.9 Å². The molecule has 1 aliphatic rings. The van der Waals surface area contributed by atoms with Crippen LogP contribution in [0.4, 0.5) is 0 Å². The summed E-state index contributed by atoms with van der Waals surface area (Å²) >= 11 is 0. The van der Waals surface area contributed by atoms with E-state index in [2.05, 4.69) is 34.9 Å². The Kier molecular flexibility index (Phi) is 3.96. The molecule has 0 fully saturated rings. The predicted molar refractivity (Wildman–Crippen MR) is 84.1 cm³/mol. The second-order valence-electron chi connectivity index (χ2n) is 5.66. The van der Waals surface area contributed by atoms with Crippen LogP contribution in [0, 0.1) is 5.92 Å². The summed E-state index contributed by atoms with van der Waals surface area (Å²) in [5.41, 5.74) is 1.35. The largest absolute Gasteiger partial charge is 0.328 e. The lowest BCUT2D eigenvalue weighted by Crippen LogP contribution is -2.39. The summed E-state index contributed by atoms with van der Waals surface area (Å²) in [5.74, 6) is 0.935. The van der Waals surface area contributed by atoms with Crippen LogP contribution in [0.2, 0.25) is 0 Å². The fraction of sp³-hybridized carbons (Fsp3) is 0.294. The van der Waals surface area contributed by atoms with Crippen LogP contribution in [-0.2, 0) is 0 Å². The molecule has 2 aromatic heterocycles. The van der Waals surface area contributed by atoms with E-state index in [1.54, 1.807) is 24.8 Å². The third-order valence-electron chi connectivity index (χ3n) is 3.76. The second-order valence-corrected chi connectivity index (χ2v) is 5.66. The Labute approximate surface area is 129 Å². The summed E-state index contributed by atoms with van der Waals surface area (Å²) in [6, 6.07) is 3.87. The number of carbonyl (C=O) groups excluding carboxylic acids is 1. The third kappa shape index (κ3) is 2.74. The predicted octanol–water partition coefficient (Wildman–Crippen LogP) is 2.58. The van der Waals surface area contributed by atoms with Crippen LogP contribution in [0.25, 0.3) is 11.4 Å². The molecule has 0 saturated carbocycles. The molecule has 1 atom stereocenters. The molecule has 0 N–H and O–H groups in total. The van der Waals surface area contributed by atoms with Crippen molar-refractivity contribution in [3.05, 3.63) is 54.6 Å².